The van der Waals surface area contributed by atoms with Crippen LogP contribution < -0.4 is 0 Å². The lowest BCUT2D eigenvalue weighted by molar-refractivity contribution is -0.137. The van der Waals surface area contributed by atoms with Crippen LogP contribution in [0.5, 0.6) is 0 Å². The second-order valence-electron chi connectivity index (χ2n) is 5.55. The van der Waals surface area contributed by atoms with Gasteiger partial charge in [0.2, 0.25) is 0 Å². The van der Waals surface area contributed by atoms with Crippen molar-refractivity contribution in [3.05, 3.63) is 11.6 Å². The highest BCUT2D eigenvalue weighted by Gasteiger charge is 2.29. The Labute approximate surface area is 103 Å². The number of carbonyl (C=O) groups excluding carboxylic acids is 2. The molecule has 3 heteroatoms. The fourth-order valence-electron chi connectivity index (χ4n) is 2.98. The fraction of sp³-hybridized carbons (Fsp3) is 0.714. The normalized spacial score (nSPS) is 29.8. The molecule has 94 valence electrons. The Kier molecular flexibility index (Phi) is 3.65. The van der Waals surface area contributed by atoms with Gasteiger partial charge in [0.05, 0.1) is 0 Å². The Bertz CT molecular complexity index is 359. The summed E-state index contributed by atoms with van der Waals surface area (Å²) in [6.07, 6.45) is 7.56. The first kappa shape index (κ1) is 12.3. The SMILES string of the molecule is CC1=CC(=O)N(CCC2CCCC(C)C2)C1=O. The molecule has 2 amide bonds. The van der Waals surface area contributed by atoms with Crippen molar-refractivity contribution in [3.8, 4) is 0 Å². The molecule has 2 rings (SSSR count). The van der Waals surface area contributed by atoms with Crippen molar-refractivity contribution < 1.29 is 9.59 Å². The average Bonchev–Trinajstić information content (AvgIpc) is 2.51. The molecule has 0 saturated heterocycles. The van der Waals surface area contributed by atoms with E-state index >= 15 is 0 Å². The second kappa shape index (κ2) is 5.03. The molecule has 0 N–H and O–H groups in total. The van der Waals surface area contributed by atoms with Gasteiger partial charge in [0.1, 0.15) is 0 Å². The quantitative estimate of drug-likeness (QED) is 0.705. The van der Waals surface area contributed by atoms with E-state index < -0.39 is 0 Å². The summed E-state index contributed by atoms with van der Waals surface area (Å²) in [7, 11) is 0. The van der Waals surface area contributed by atoms with E-state index in [2.05, 4.69) is 6.92 Å². The summed E-state index contributed by atoms with van der Waals surface area (Å²) in [4.78, 5) is 24.6. The maximum atomic E-state index is 11.7. The minimum absolute atomic E-state index is 0.0983. The van der Waals surface area contributed by atoms with Gasteiger partial charge in [-0.1, -0.05) is 26.2 Å². The zero-order chi connectivity index (χ0) is 12.4. The molecule has 0 radical (unpaired) electrons. The molecule has 0 aromatic rings. The Morgan fingerprint density at radius 3 is 2.71 bits per heavy atom. The van der Waals surface area contributed by atoms with Crippen molar-refractivity contribution in [2.45, 2.75) is 46.0 Å². The molecule has 2 aliphatic rings. The van der Waals surface area contributed by atoms with Gasteiger partial charge < -0.3 is 0 Å². The van der Waals surface area contributed by atoms with Gasteiger partial charge in [0, 0.05) is 18.2 Å². The van der Waals surface area contributed by atoms with E-state index in [1.807, 2.05) is 0 Å². The maximum absolute atomic E-state index is 11.7. The highest BCUT2D eigenvalue weighted by atomic mass is 16.2. The van der Waals surface area contributed by atoms with E-state index in [0.717, 1.165) is 12.3 Å². The first-order valence-electron chi connectivity index (χ1n) is 6.62. The van der Waals surface area contributed by atoms with Gasteiger partial charge in [0.25, 0.3) is 11.8 Å². The van der Waals surface area contributed by atoms with Gasteiger partial charge in [-0.05, 0) is 31.6 Å². The average molecular weight is 235 g/mol. The lowest BCUT2D eigenvalue weighted by Crippen LogP contribution is -2.33. The largest absolute Gasteiger partial charge is 0.275 e. The van der Waals surface area contributed by atoms with Gasteiger partial charge in [0.15, 0.2) is 0 Å². The van der Waals surface area contributed by atoms with Crippen molar-refractivity contribution in [1.82, 2.24) is 4.90 Å². The molecule has 17 heavy (non-hydrogen) atoms. The summed E-state index contributed by atoms with van der Waals surface area (Å²) in [5, 5.41) is 0. The maximum Gasteiger partial charge on any atom is 0.256 e. The first-order valence-corrected chi connectivity index (χ1v) is 6.62. The molecule has 3 nitrogen and oxygen atoms in total. The molecular weight excluding hydrogens is 214 g/mol. The zero-order valence-electron chi connectivity index (χ0n) is 10.7. The molecule has 0 bridgehead atoms. The number of nitrogens with zero attached hydrogens (tertiary/aromatic N) is 1. The van der Waals surface area contributed by atoms with Crippen LogP contribution in [0, 0.1) is 11.8 Å². The van der Waals surface area contributed by atoms with E-state index in [1.165, 1.54) is 36.7 Å². The minimum Gasteiger partial charge on any atom is -0.275 e. The fourth-order valence-corrected chi connectivity index (χ4v) is 2.98. The summed E-state index contributed by atoms with van der Waals surface area (Å²) in [5.41, 5.74) is 0.576. The van der Waals surface area contributed by atoms with Crippen LogP contribution in [0.4, 0.5) is 0 Å². The molecule has 1 aliphatic carbocycles. The van der Waals surface area contributed by atoms with Crippen LogP contribution in [0.1, 0.15) is 46.0 Å². The first-order chi connectivity index (χ1) is 8.08. The number of carbonyl (C=O) groups is 2. The third kappa shape index (κ3) is 2.76. The van der Waals surface area contributed by atoms with Crippen LogP contribution in [-0.2, 0) is 9.59 Å². The second-order valence-corrected chi connectivity index (χ2v) is 5.55. The minimum atomic E-state index is -0.128. The lowest BCUT2D eigenvalue weighted by Gasteiger charge is -2.27. The van der Waals surface area contributed by atoms with E-state index in [-0.39, 0.29) is 11.8 Å². The Balaban J connectivity index is 1.83. The van der Waals surface area contributed by atoms with E-state index in [0.29, 0.717) is 18.0 Å². The van der Waals surface area contributed by atoms with Crippen LogP contribution in [0.2, 0.25) is 0 Å². The van der Waals surface area contributed by atoms with Gasteiger partial charge in [-0.15, -0.1) is 0 Å². The standard InChI is InChI=1S/C14H21NO2/c1-10-4-3-5-12(8-10)6-7-15-13(16)9-11(2)14(15)17/h9-10,12H,3-8H2,1-2H3. The molecule has 1 fully saturated rings. The van der Waals surface area contributed by atoms with Crippen molar-refractivity contribution in [3.63, 3.8) is 0 Å². The summed E-state index contributed by atoms with van der Waals surface area (Å²) >= 11 is 0. The molecule has 0 aromatic heterocycles. The van der Waals surface area contributed by atoms with Gasteiger partial charge >= 0.3 is 0 Å². The molecule has 0 aromatic carbocycles. The summed E-state index contributed by atoms with van der Waals surface area (Å²) in [5.74, 6) is 1.27. The monoisotopic (exact) mass is 235 g/mol. The van der Waals surface area contributed by atoms with Crippen molar-refractivity contribution in [2.75, 3.05) is 6.54 Å². The predicted molar refractivity (Wildman–Crippen MR) is 66.2 cm³/mol. The zero-order valence-corrected chi connectivity index (χ0v) is 10.7. The number of hydrogen-bond acceptors (Lipinski definition) is 2. The number of hydrogen-bond donors (Lipinski definition) is 0. The van der Waals surface area contributed by atoms with E-state index in [9.17, 15) is 9.59 Å². The molecular formula is C14H21NO2. The molecule has 1 aliphatic heterocycles. The molecule has 1 saturated carbocycles. The van der Waals surface area contributed by atoms with E-state index in [4.69, 9.17) is 0 Å². The molecule has 2 unspecified atom stereocenters. The van der Waals surface area contributed by atoms with Crippen LogP contribution in [0.15, 0.2) is 11.6 Å². The smallest absolute Gasteiger partial charge is 0.256 e. The summed E-state index contributed by atoms with van der Waals surface area (Å²) < 4.78 is 0. The van der Waals surface area contributed by atoms with Gasteiger partial charge in [-0.3, -0.25) is 14.5 Å². The highest BCUT2D eigenvalue weighted by molar-refractivity contribution is 6.15. The predicted octanol–water partition coefficient (Wildman–Crippen LogP) is 2.52. The molecule has 0 spiro atoms. The van der Waals surface area contributed by atoms with Crippen LogP contribution in [-0.4, -0.2) is 23.3 Å². The topological polar surface area (TPSA) is 37.4 Å². The summed E-state index contributed by atoms with van der Waals surface area (Å²) in [6.45, 7) is 4.61. The van der Waals surface area contributed by atoms with E-state index in [1.54, 1.807) is 6.92 Å². The Morgan fingerprint density at radius 1 is 1.35 bits per heavy atom. The van der Waals surface area contributed by atoms with Gasteiger partial charge in [-0.25, -0.2) is 0 Å². The Morgan fingerprint density at radius 2 is 2.12 bits per heavy atom. The Hall–Kier alpha value is -1.12. The van der Waals surface area contributed by atoms with Crippen molar-refractivity contribution in [1.29, 1.82) is 0 Å². The van der Waals surface area contributed by atoms with Gasteiger partial charge in [-0.2, -0.15) is 0 Å². The van der Waals surface area contributed by atoms with Crippen molar-refractivity contribution >= 4 is 11.8 Å². The summed E-state index contributed by atoms with van der Waals surface area (Å²) in [6, 6.07) is 0. The molecule has 1 heterocycles. The number of rotatable bonds is 3. The highest BCUT2D eigenvalue weighted by Crippen LogP contribution is 2.31. The van der Waals surface area contributed by atoms with Crippen LogP contribution in [0.3, 0.4) is 0 Å². The third-order valence-electron chi connectivity index (χ3n) is 3.99. The third-order valence-corrected chi connectivity index (χ3v) is 3.99. The van der Waals surface area contributed by atoms with Crippen LogP contribution in [0.25, 0.3) is 0 Å². The van der Waals surface area contributed by atoms with Crippen molar-refractivity contribution in [2.24, 2.45) is 11.8 Å². The molecule has 2 atom stereocenters. The number of imide groups is 1. The van der Waals surface area contributed by atoms with Crippen LogP contribution >= 0.6 is 0 Å². The number of amides is 2. The lowest BCUT2D eigenvalue weighted by atomic mass is 9.81.